The summed E-state index contributed by atoms with van der Waals surface area (Å²) >= 11 is 63.4. The van der Waals surface area contributed by atoms with E-state index in [2.05, 4.69) is 18.6 Å². The molecular weight excluding hydrogens is 660 g/mol. The summed E-state index contributed by atoms with van der Waals surface area (Å²) in [4.78, 5) is 47.6. The lowest BCUT2D eigenvalue weighted by molar-refractivity contribution is -0.162. The van der Waals surface area contributed by atoms with Gasteiger partial charge in [-0.3, -0.25) is 19.2 Å². The second-order valence-corrected chi connectivity index (χ2v) is 13.3. The number of carbonyl (C=O) groups is 4. The van der Waals surface area contributed by atoms with Crippen molar-refractivity contribution in [2.45, 2.75) is 15.2 Å². The number of carbonyl (C=O) groups excluding carboxylic acids is 4. The van der Waals surface area contributed by atoms with Crippen LogP contribution in [-0.4, -0.2) is 46.0 Å². The normalized spacial score (nSPS) is 13.4. The van der Waals surface area contributed by atoms with Crippen LogP contribution in [-0.2, 0) is 37.8 Å². The lowest BCUT2D eigenvalue weighted by Crippen LogP contribution is -2.58. The van der Waals surface area contributed by atoms with Gasteiger partial charge in [-0.2, -0.15) is 0 Å². The molecule has 0 aliphatic carbocycles. The molecule has 0 heterocycles. The van der Waals surface area contributed by atoms with Crippen molar-refractivity contribution in [3.05, 3.63) is 0 Å². The van der Waals surface area contributed by atoms with Crippen LogP contribution in [0.3, 0.4) is 0 Å². The Morgan fingerprint density at radius 1 is 0.414 bits per heavy atom. The molecule has 0 spiro atoms. The molecule has 0 aromatic heterocycles. The standard InChI is InChI=1S/C8BCl12O8/c10-5(11,12)1(22)26-9(27-2(23)6(13,14)15,28-3(24)7(16,17)18)29-4(25)8(19,20)21/q-1. The second kappa shape index (κ2) is 10.6. The molecule has 0 unspecified atom stereocenters. The van der Waals surface area contributed by atoms with Crippen LogP contribution in [0, 0.1) is 0 Å². The van der Waals surface area contributed by atoms with E-state index in [0.717, 1.165) is 0 Å². The van der Waals surface area contributed by atoms with Crippen LogP contribution in [0.5, 0.6) is 0 Å². The Hall–Kier alpha value is 1.42. The summed E-state index contributed by atoms with van der Waals surface area (Å²) in [6, 6.07) is 0. The summed E-state index contributed by atoms with van der Waals surface area (Å²) in [7, 11) is 0. The highest BCUT2D eigenvalue weighted by atomic mass is 35.6. The predicted molar refractivity (Wildman–Crippen MR) is 111 cm³/mol. The van der Waals surface area contributed by atoms with Gasteiger partial charge in [-0.25, -0.2) is 0 Å². The highest BCUT2D eigenvalue weighted by Crippen LogP contribution is 2.37. The van der Waals surface area contributed by atoms with Crippen LogP contribution in [0.4, 0.5) is 0 Å². The highest BCUT2D eigenvalue weighted by Gasteiger charge is 2.56. The molecule has 168 valence electrons. The fourth-order valence-corrected chi connectivity index (χ4v) is 1.47. The van der Waals surface area contributed by atoms with Crippen molar-refractivity contribution >= 4 is 170 Å². The molecule has 0 radical (unpaired) electrons. The van der Waals surface area contributed by atoms with Crippen molar-refractivity contribution in [2.75, 3.05) is 0 Å². The van der Waals surface area contributed by atoms with Gasteiger partial charge in [0.15, 0.2) is 0 Å². The maximum absolute atomic E-state index is 11.9. The highest BCUT2D eigenvalue weighted by molar-refractivity contribution is 6.81. The van der Waals surface area contributed by atoms with Gasteiger partial charge in [-0.15, -0.1) is 0 Å². The topological polar surface area (TPSA) is 105 Å². The van der Waals surface area contributed by atoms with Gasteiger partial charge >= 0.3 is 30.8 Å². The Labute approximate surface area is 221 Å². The van der Waals surface area contributed by atoms with Crippen molar-refractivity contribution in [1.82, 2.24) is 0 Å². The second-order valence-electron chi connectivity index (χ2n) is 4.19. The molecule has 0 aliphatic heterocycles. The van der Waals surface area contributed by atoms with Crippen molar-refractivity contribution < 1.29 is 37.8 Å². The van der Waals surface area contributed by atoms with E-state index >= 15 is 0 Å². The first kappa shape index (κ1) is 30.4. The Bertz CT molecular complexity index is 556. The third-order valence-electron chi connectivity index (χ3n) is 1.93. The number of alkyl halides is 12. The molecule has 0 fully saturated rings. The molecule has 0 aliphatic rings. The van der Waals surface area contributed by atoms with Crippen LogP contribution in [0.2, 0.25) is 0 Å². The molecule has 0 saturated carbocycles. The fourth-order valence-electron chi connectivity index (χ4n) is 0.936. The number of hydrogen-bond acceptors (Lipinski definition) is 8. The zero-order chi connectivity index (χ0) is 23.6. The molecule has 0 N–H and O–H groups in total. The summed E-state index contributed by atoms with van der Waals surface area (Å²) in [6.45, 7) is -4.85. The van der Waals surface area contributed by atoms with E-state index in [1.165, 1.54) is 0 Å². The minimum atomic E-state index is -4.85. The average Bonchev–Trinajstić information content (AvgIpc) is 2.42. The van der Waals surface area contributed by atoms with E-state index < -0.39 is 46.0 Å². The largest absolute Gasteiger partial charge is 0.784 e. The molecule has 0 amide bonds. The van der Waals surface area contributed by atoms with E-state index in [-0.39, 0.29) is 0 Å². The van der Waals surface area contributed by atoms with E-state index in [4.69, 9.17) is 139 Å². The maximum Gasteiger partial charge on any atom is 0.784 e. The van der Waals surface area contributed by atoms with Gasteiger partial charge in [-0.05, 0) is 0 Å². The van der Waals surface area contributed by atoms with E-state index in [1.54, 1.807) is 0 Å². The number of halogens is 12. The minimum Gasteiger partial charge on any atom is -0.581 e. The third-order valence-corrected chi connectivity index (χ3v) is 3.78. The first-order valence-electron chi connectivity index (χ1n) is 5.84. The van der Waals surface area contributed by atoms with Crippen LogP contribution < -0.4 is 0 Å². The van der Waals surface area contributed by atoms with Gasteiger partial charge in [-0.1, -0.05) is 139 Å². The van der Waals surface area contributed by atoms with Gasteiger partial charge in [0, 0.05) is 0 Å². The summed E-state index contributed by atoms with van der Waals surface area (Å²) < 4.78 is 5.75. The maximum atomic E-state index is 11.9. The zero-order valence-electron chi connectivity index (χ0n) is 12.4. The molecule has 0 saturated heterocycles. The van der Waals surface area contributed by atoms with Gasteiger partial charge in [0.05, 0.1) is 0 Å². The van der Waals surface area contributed by atoms with E-state index in [9.17, 15) is 19.2 Å². The Kier molecular flexibility index (Phi) is 11.1. The Morgan fingerprint density at radius 3 is 0.655 bits per heavy atom. The fraction of sp³-hybridized carbons (Fsp3) is 0.500. The first-order chi connectivity index (χ1) is 12.5. The smallest absolute Gasteiger partial charge is 0.581 e. The average molecular weight is 660 g/mol. The molecule has 8 nitrogen and oxygen atoms in total. The summed E-state index contributed by atoms with van der Waals surface area (Å²) in [5.74, 6) is -7.86. The van der Waals surface area contributed by atoms with Crippen molar-refractivity contribution in [2.24, 2.45) is 0 Å². The molecule has 0 rings (SSSR count). The van der Waals surface area contributed by atoms with Gasteiger partial charge < -0.3 is 18.6 Å². The molecule has 29 heavy (non-hydrogen) atoms. The van der Waals surface area contributed by atoms with E-state index in [0.29, 0.717) is 0 Å². The third kappa shape index (κ3) is 10.7. The van der Waals surface area contributed by atoms with Crippen molar-refractivity contribution in [3.63, 3.8) is 0 Å². The van der Waals surface area contributed by atoms with Gasteiger partial charge in [0.25, 0.3) is 15.2 Å². The minimum absolute atomic E-state index is 1.96. The molecule has 0 aromatic carbocycles. The van der Waals surface area contributed by atoms with Crippen LogP contribution >= 0.6 is 139 Å². The Balaban J connectivity index is 6.42. The van der Waals surface area contributed by atoms with E-state index in [1.807, 2.05) is 0 Å². The van der Waals surface area contributed by atoms with Gasteiger partial charge in [0.1, 0.15) is 0 Å². The lowest BCUT2D eigenvalue weighted by atomic mass is 10.0. The van der Waals surface area contributed by atoms with Crippen LogP contribution in [0.1, 0.15) is 0 Å². The lowest BCUT2D eigenvalue weighted by Gasteiger charge is -2.40. The quantitative estimate of drug-likeness (QED) is 0.304. The molecule has 0 bridgehead atoms. The predicted octanol–water partition coefficient (Wildman–Crippen LogP) is 5.08. The van der Waals surface area contributed by atoms with Crippen LogP contribution in [0.25, 0.3) is 0 Å². The first-order valence-corrected chi connectivity index (χ1v) is 10.4. The zero-order valence-corrected chi connectivity index (χ0v) is 21.5. The number of hydrogen-bond donors (Lipinski definition) is 0. The number of rotatable bonds is 4. The SMILES string of the molecule is O=C(O[B-](OC(=O)C(Cl)(Cl)Cl)(OC(=O)C(Cl)(Cl)Cl)OC(=O)C(Cl)(Cl)Cl)C(Cl)(Cl)Cl. The summed E-state index contributed by atoms with van der Waals surface area (Å²) in [6.07, 6.45) is 0. The molecular formula is C8BCl12O8-. The molecule has 21 heteroatoms. The summed E-state index contributed by atoms with van der Waals surface area (Å²) in [5, 5.41) is 0. The van der Waals surface area contributed by atoms with Crippen LogP contribution in [0.15, 0.2) is 0 Å². The monoisotopic (exact) mass is 655 g/mol. The Morgan fingerprint density at radius 2 is 0.552 bits per heavy atom. The van der Waals surface area contributed by atoms with Gasteiger partial charge in [0.2, 0.25) is 0 Å². The molecule has 0 aromatic rings. The van der Waals surface area contributed by atoms with Crippen molar-refractivity contribution in [3.8, 4) is 0 Å². The van der Waals surface area contributed by atoms with Crippen molar-refractivity contribution in [1.29, 1.82) is 0 Å². The summed E-state index contributed by atoms with van der Waals surface area (Å²) in [5.41, 5.74) is 0. The molecule has 0 atom stereocenters.